The molecule has 1 unspecified atom stereocenters. The highest BCUT2D eigenvalue weighted by Gasteiger charge is 2.06. The van der Waals surface area contributed by atoms with Crippen LogP contribution < -0.4 is 5.19 Å². The SMILES string of the molecule is ClC[SiH](Cl)c1ccccc1. The molecule has 0 aliphatic heterocycles. The maximum absolute atomic E-state index is 6.00. The van der Waals surface area contributed by atoms with E-state index >= 15 is 0 Å². The third-order valence-electron chi connectivity index (χ3n) is 1.30. The molecular formula is C7H8Cl2Si. The van der Waals surface area contributed by atoms with Crippen LogP contribution in [0.1, 0.15) is 0 Å². The Morgan fingerprint density at radius 1 is 1.20 bits per heavy atom. The highest BCUT2D eigenvalue weighted by Crippen LogP contribution is 1.94. The van der Waals surface area contributed by atoms with Crippen LogP contribution in [0.25, 0.3) is 0 Å². The summed E-state index contributed by atoms with van der Waals surface area (Å²) in [5.41, 5.74) is 0.603. The number of hydrogen-bond donors (Lipinski definition) is 0. The Morgan fingerprint density at radius 2 is 1.80 bits per heavy atom. The smallest absolute Gasteiger partial charge is 0.164 e. The van der Waals surface area contributed by atoms with Gasteiger partial charge in [-0.3, -0.25) is 0 Å². The van der Waals surface area contributed by atoms with Gasteiger partial charge in [0.2, 0.25) is 0 Å². The van der Waals surface area contributed by atoms with E-state index in [1.54, 1.807) is 0 Å². The summed E-state index contributed by atoms with van der Waals surface area (Å²) in [7, 11) is -1.30. The van der Waals surface area contributed by atoms with E-state index in [2.05, 4.69) is 0 Å². The van der Waals surface area contributed by atoms with Crippen molar-refractivity contribution in [2.45, 2.75) is 0 Å². The fourth-order valence-corrected chi connectivity index (χ4v) is 2.54. The second-order valence-electron chi connectivity index (χ2n) is 2.03. The van der Waals surface area contributed by atoms with Crippen molar-refractivity contribution in [1.29, 1.82) is 0 Å². The fraction of sp³-hybridized carbons (Fsp3) is 0.143. The van der Waals surface area contributed by atoms with E-state index in [0.717, 1.165) is 0 Å². The lowest BCUT2D eigenvalue weighted by atomic mass is 10.4. The average molecular weight is 191 g/mol. The zero-order chi connectivity index (χ0) is 7.40. The number of hydrogen-bond acceptors (Lipinski definition) is 0. The first kappa shape index (κ1) is 8.12. The molecule has 0 N–H and O–H groups in total. The van der Waals surface area contributed by atoms with Crippen molar-refractivity contribution in [3.63, 3.8) is 0 Å². The van der Waals surface area contributed by atoms with Crippen molar-refractivity contribution in [2.24, 2.45) is 0 Å². The summed E-state index contributed by atoms with van der Waals surface area (Å²) in [4.78, 5) is 0. The van der Waals surface area contributed by atoms with Gasteiger partial charge in [0.05, 0.1) is 0 Å². The first-order chi connectivity index (χ1) is 4.84. The number of alkyl halides is 1. The molecule has 0 fully saturated rings. The summed E-state index contributed by atoms with van der Waals surface area (Å²) in [5, 5.41) is 1.22. The monoisotopic (exact) mass is 190 g/mol. The largest absolute Gasteiger partial charge is 0.185 e. The maximum Gasteiger partial charge on any atom is 0.185 e. The molecule has 0 spiro atoms. The fourth-order valence-electron chi connectivity index (χ4n) is 0.751. The molecule has 1 aromatic rings. The second kappa shape index (κ2) is 4.01. The Labute approximate surface area is 72.1 Å². The van der Waals surface area contributed by atoms with Crippen LogP contribution >= 0.6 is 22.7 Å². The van der Waals surface area contributed by atoms with Crippen molar-refractivity contribution in [1.82, 2.24) is 0 Å². The van der Waals surface area contributed by atoms with E-state index in [0.29, 0.717) is 5.50 Å². The van der Waals surface area contributed by atoms with Gasteiger partial charge in [-0.1, -0.05) is 30.3 Å². The standard InChI is InChI=1S/C7H8Cl2Si/c8-6-10(9)7-4-2-1-3-5-7/h1-5,10H,6H2. The van der Waals surface area contributed by atoms with E-state index in [-0.39, 0.29) is 0 Å². The molecule has 1 aromatic carbocycles. The molecule has 0 nitrogen and oxygen atoms in total. The lowest BCUT2D eigenvalue weighted by Gasteiger charge is -2.00. The van der Waals surface area contributed by atoms with E-state index < -0.39 is 8.11 Å². The van der Waals surface area contributed by atoms with Crippen molar-refractivity contribution in [3.05, 3.63) is 30.3 Å². The molecular weight excluding hydrogens is 183 g/mol. The average Bonchev–Trinajstić information content (AvgIpc) is 2.05. The molecule has 0 heterocycles. The molecule has 3 heteroatoms. The van der Waals surface area contributed by atoms with Gasteiger partial charge in [0.25, 0.3) is 0 Å². The van der Waals surface area contributed by atoms with Crippen LogP contribution in [0.5, 0.6) is 0 Å². The summed E-state index contributed by atoms with van der Waals surface area (Å²) >= 11 is 11.6. The van der Waals surface area contributed by atoms with Gasteiger partial charge in [-0.15, -0.1) is 11.6 Å². The lowest BCUT2D eigenvalue weighted by molar-refractivity contribution is 1.76. The van der Waals surface area contributed by atoms with Crippen LogP contribution in [0.3, 0.4) is 0 Å². The molecule has 1 rings (SSSR count). The quantitative estimate of drug-likeness (QED) is 0.378. The van der Waals surface area contributed by atoms with Gasteiger partial charge in [0.15, 0.2) is 8.11 Å². The maximum atomic E-state index is 6.00. The first-order valence-corrected chi connectivity index (χ1v) is 6.77. The number of halogens is 2. The highest BCUT2D eigenvalue weighted by atomic mass is 35.6. The van der Waals surface area contributed by atoms with Gasteiger partial charge in [0.1, 0.15) is 0 Å². The molecule has 0 bridgehead atoms. The number of rotatable bonds is 2. The van der Waals surface area contributed by atoms with Gasteiger partial charge in [-0.25, -0.2) is 0 Å². The van der Waals surface area contributed by atoms with Crippen molar-refractivity contribution < 1.29 is 0 Å². The molecule has 1 atom stereocenters. The zero-order valence-corrected chi connectivity index (χ0v) is 8.09. The van der Waals surface area contributed by atoms with E-state index in [1.807, 2.05) is 30.3 Å². The minimum Gasteiger partial charge on any atom is -0.164 e. The van der Waals surface area contributed by atoms with Crippen LogP contribution in [0, 0.1) is 0 Å². The summed E-state index contributed by atoms with van der Waals surface area (Å²) in [6, 6.07) is 10.0. The van der Waals surface area contributed by atoms with Gasteiger partial charge < -0.3 is 0 Å². The third-order valence-corrected chi connectivity index (χ3v) is 5.29. The molecule has 0 saturated heterocycles. The highest BCUT2D eigenvalue weighted by molar-refractivity contribution is 7.16. The lowest BCUT2D eigenvalue weighted by Crippen LogP contribution is -2.25. The Balaban J connectivity index is 2.75. The molecule has 0 aliphatic carbocycles. The van der Waals surface area contributed by atoms with E-state index in [1.165, 1.54) is 5.19 Å². The molecule has 54 valence electrons. The minimum absolute atomic E-state index is 0.603. The van der Waals surface area contributed by atoms with Gasteiger partial charge in [-0.05, 0) is 5.19 Å². The minimum atomic E-state index is -1.30. The predicted octanol–water partition coefficient (Wildman–Crippen LogP) is 1.63. The summed E-state index contributed by atoms with van der Waals surface area (Å²) in [5.74, 6) is 0. The van der Waals surface area contributed by atoms with E-state index in [4.69, 9.17) is 22.7 Å². The Kier molecular flexibility index (Phi) is 3.26. The molecule has 0 amide bonds. The normalized spacial score (nSPS) is 13.0. The topological polar surface area (TPSA) is 0 Å². The molecule has 0 aromatic heterocycles. The Bertz CT molecular complexity index is 188. The first-order valence-electron chi connectivity index (χ1n) is 3.09. The molecule has 0 aliphatic rings. The Hall–Kier alpha value is 0.0169. The van der Waals surface area contributed by atoms with Gasteiger partial charge in [0, 0.05) is 5.50 Å². The van der Waals surface area contributed by atoms with Crippen LogP contribution in [0.15, 0.2) is 30.3 Å². The van der Waals surface area contributed by atoms with E-state index in [9.17, 15) is 0 Å². The van der Waals surface area contributed by atoms with Crippen molar-refractivity contribution in [2.75, 3.05) is 5.50 Å². The summed E-state index contributed by atoms with van der Waals surface area (Å²) in [6.07, 6.45) is 0. The predicted molar refractivity (Wildman–Crippen MR) is 49.8 cm³/mol. The van der Waals surface area contributed by atoms with Gasteiger partial charge in [-0.2, -0.15) is 11.1 Å². The third kappa shape index (κ3) is 2.01. The van der Waals surface area contributed by atoms with Gasteiger partial charge >= 0.3 is 0 Å². The Morgan fingerprint density at radius 3 is 2.30 bits per heavy atom. The van der Waals surface area contributed by atoms with Crippen molar-refractivity contribution in [3.8, 4) is 0 Å². The van der Waals surface area contributed by atoms with Crippen molar-refractivity contribution >= 4 is 36.0 Å². The summed E-state index contributed by atoms with van der Waals surface area (Å²) in [6.45, 7) is 0. The molecule has 10 heavy (non-hydrogen) atoms. The zero-order valence-electron chi connectivity index (χ0n) is 5.43. The number of benzene rings is 1. The second-order valence-corrected chi connectivity index (χ2v) is 6.45. The summed E-state index contributed by atoms with van der Waals surface area (Å²) < 4.78 is 0. The molecule has 0 saturated carbocycles. The van der Waals surface area contributed by atoms with Crippen LogP contribution in [0.2, 0.25) is 0 Å². The molecule has 0 radical (unpaired) electrons. The van der Waals surface area contributed by atoms with Crippen LogP contribution in [-0.2, 0) is 0 Å². The van der Waals surface area contributed by atoms with Crippen LogP contribution in [0.4, 0.5) is 0 Å². The van der Waals surface area contributed by atoms with Crippen LogP contribution in [-0.4, -0.2) is 13.6 Å².